The minimum Gasteiger partial charge on any atom is -0.320 e. The molecule has 1 unspecified atom stereocenters. The molecule has 0 saturated carbocycles. The van der Waals surface area contributed by atoms with E-state index in [-0.39, 0.29) is 11.9 Å². The van der Waals surface area contributed by atoms with Gasteiger partial charge in [0.05, 0.1) is 11.0 Å². The Hall–Kier alpha value is -0.940. The lowest BCUT2D eigenvalue weighted by atomic mass is 10.2. The van der Waals surface area contributed by atoms with Gasteiger partial charge in [0.15, 0.2) is 0 Å². The van der Waals surface area contributed by atoms with Gasteiger partial charge in [0, 0.05) is 4.88 Å². The summed E-state index contributed by atoms with van der Waals surface area (Å²) in [4.78, 5) is 16.9. The van der Waals surface area contributed by atoms with Crippen LogP contribution in [0.1, 0.15) is 50.9 Å². The lowest BCUT2D eigenvalue weighted by Gasteiger charge is -2.04. The van der Waals surface area contributed by atoms with E-state index in [0.29, 0.717) is 6.42 Å². The number of carbonyl (C=O) groups is 1. The van der Waals surface area contributed by atoms with Gasteiger partial charge in [-0.15, -0.1) is 11.3 Å². The van der Waals surface area contributed by atoms with Crippen molar-refractivity contribution in [1.29, 1.82) is 0 Å². The van der Waals surface area contributed by atoms with E-state index in [1.165, 1.54) is 0 Å². The van der Waals surface area contributed by atoms with Crippen molar-refractivity contribution in [2.45, 2.75) is 59.9 Å². The number of aromatic nitrogens is 1. The molecular weight excluding hydrogens is 246 g/mol. The van der Waals surface area contributed by atoms with Crippen LogP contribution >= 0.6 is 11.3 Å². The summed E-state index contributed by atoms with van der Waals surface area (Å²) in [6.45, 7) is 10.1. The van der Waals surface area contributed by atoms with Crippen molar-refractivity contribution in [2.24, 2.45) is 5.73 Å². The first-order valence-electron chi connectivity index (χ1n) is 6.75. The molecule has 1 aromatic rings. The molecule has 1 amide bonds. The molecular formula is C13H25N3OS. The first-order chi connectivity index (χ1) is 8.70. The van der Waals surface area contributed by atoms with E-state index in [1.54, 1.807) is 11.3 Å². The molecule has 5 heteroatoms. The monoisotopic (exact) mass is 271 g/mol. The van der Waals surface area contributed by atoms with Gasteiger partial charge in [-0.05, 0) is 19.3 Å². The average molecular weight is 271 g/mol. The van der Waals surface area contributed by atoms with Crippen LogP contribution in [-0.2, 0) is 17.6 Å². The molecule has 0 aliphatic carbocycles. The summed E-state index contributed by atoms with van der Waals surface area (Å²) in [6.07, 6.45) is 2.48. The second-order valence-electron chi connectivity index (χ2n) is 3.37. The third-order valence-electron chi connectivity index (χ3n) is 2.30. The van der Waals surface area contributed by atoms with Crippen molar-refractivity contribution in [2.75, 3.05) is 5.32 Å². The van der Waals surface area contributed by atoms with Crippen LogP contribution in [0.4, 0.5) is 5.82 Å². The van der Waals surface area contributed by atoms with Crippen molar-refractivity contribution >= 4 is 23.1 Å². The topological polar surface area (TPSA) is 68.0 Å². The zero-order valence-corrected chi connectivity index (χ0v) is 12.9. The van der Waals surface area contributed by atoms with E-state index >= 15 is 0 Å². The maximum atomic E-state index is 11.4. The molecule has 1 aliphatic rings. The van der Waals surface area contributed by atoms with E-state index in [0.717, 1.165) is 28.5 Å². The molecule has 1 atom stereocenters. The number of anilines is 1. The van der Waals surface area contributed by atoms with E-state index in [4.69, 9.17) is 5.73 Å². The van der Waals surface area contributed by atoms with Gasteiger partial charge < -0.3 is 11.1 Å². The fourth-order valence-electron chi connectivity index (χ4n) is 1.45. The number of aryl methyl sites for hydroxylation is 2. The highest BCUT2D eigenvalue weighted by Crippen LogP contribution is 2.27. The predicted molar refractivity (Wildman–Crippen MR) is 79.1 cm³/mol. The van der Waals surface area contributed by atoms with E-state index in [2.05, 4.69) is 17.2 Å². The molecule has 1 aromatic heterocycles. The quantitative estimate of drug-likeness (QED) is 0.825. The number of carbonyl (C=O) groups excluding carboxylic acids is 1. The van der Waals surface area contributed by atoms with Crippen LogP contribution < -0.4 is 11.1 Å². The normalized spacial score (nSPS) is 17.2. The Bertz CT molecular complexity index is 363. The molecule has 0 bridgehead atoms. The summed E-state index contributed by atoms with van der Waals surface area (Å²) >= 11 is 1.67. The fourth-order valence-corrected chi connectivity index (χ4v) is 2.42. The van der Waals surface area contributed by atoms with Gasteiger partial charge in [-0.3, -0.25) is 4.79 Å². The second kappa shape index (κ2) is 9.05. The molecule has 0 spiro atoms. The Labute approximate surface area is 114 Å². The van der Waals surface area contributed by atoms with Crippen molar-refractivity contribution in [3.63, 3.8) is 0 Å². The van der Waals surface area contributed by atoms with Gasteiger partial charge in [-0.25, -0.2) is 4.98 Å². The Morgan fingerprint density at radius 3 is 2.56 bits per heavy atom. The molecule has 4 nitrogen and oxygen atoms in total. The first-order valence-corrected chi connectivity index (χ1v) is 7.57. The molecule has 0 saturated heterocycles. The second-order valence-corrected chi connectivity index (χ2v) is 4.54. The lowest BCUT2D eigenvalue weighted by Crippen LogP contribution is -2.34. The van der Waals surface area contributed by atoms with Crippen LogP contribution in [0.15, 0.2) is 0 Å². The highest BCUT2D eigenvalue weighted by Gasteiger charge is 2.22. The van der Waals surface area contributed by atoms with Crippen LogP contribution in [-0.4, -0.2) is 16.9 Å². The summed E-state index contributed by atoms with van der Waals surface area (Å²) in [5, 5.41) is 3.84. The number of amides is 1. The number of nitrogens with zero attached hydrogens (tertiary/aromatic N) is 1. The fraction of sp³-hybridized carbons (Fsp3) is 0.692. The van der Waals surface area contributed by atoms with Gasteiger partial charge in [0.1, 0.15) is 5.82 Å². The van der Waals surface area contributed by atoms with Crippen LogP contribution in [0.2, 0.25) is 0 Å². The summed E-state index contributed by atoms with van der Waals surface area (Å²) in [6, 6.07) is -0.388. The number of hydrogen-bond donors (Lipinski definition) is 2. The molecule has 2 heterocycles. The largest absolute Gasteiger partial charge is 0.320 e. The molecule has 18 heavy (non-hydrogen) atoms. The van der Waals surface area contributed by atoms with Crippen LogP contribution in [0.5, 0.6) is 0 Å². The molecule has 0 aromatic carbocycles. The number of thiazole rings is 1. The van der Waals surface area contributed by atoms with Crippen LogP contribution in [0.3, 0.4) is 0 Å². The van der Waals surface area contributed by atoms with Gasteiger partial charge in [0.2, 0.25) is 5.91 Å². The van der Waals surface area contributed by atoms with E-state index in [1.807, 2.05) is 27.7 Å². The van der Waals surface area contributed by atoms with Gasteiger partial charge in [0.25, 0.3) is 0 Å². The Morgan fingerprint density at radius 2 is 2.00 bits per heavy atom. The zero-order chi connectivity index (χ0) is 14.1. The molecule has 3 N–H and O–H groups in total. The molecule has 1 aliphatic heterocycles. The first kappa shape index (κ1) is 17.1. The van der Waals surface area contributed by atoms with E-state index in [9.17, 15) is 4.79 Å². The Balaban J connectivity index is 0.000000659. The average Bonchev–Trinajstić information content (AvgIpc) is 2.77. The third-order valence-corrected chi connectivity index (χ3v) is 3.56. The standard InChI is InChI=1S/C9H13N3OS.2C2H6/c1-2-7-11-8-6(14-7)4-3-5(10)9(13)12-8;2*1-2/h5H,2-4,10H2,1H3,(H,12,13);2*1-2H3. The van der Waals surface area contributed by atoms with Crippen molar-refractivity contribution in [1.82, 2.24) is 4.98 Å². The Kier molecular flexibility index (Phi) is 8.58. The highest BCUT2D eigenvalue weighted by molar-refractivity contribution is 7.12. The maximum absolute atomic E-state index is 11.4. The molecule has 104 valence electrons. The SMILES string of the molecule is CC.CC.CCc1nc2c(s1)CCC(N)C(=O)N2. The van der Waals surface area contributed by atoms with Crippen LogP contribution in [0.25, 0.3) is 0 Å². The third kappa shape index (κ3) is 4.38. The summed E-state index contributed by atoms with van der Waals surface area (Å²) < 4.78 is 0. The molecule has 0 radical (unpaired) electrons. The summed E-state index contributed by atoms with van der Waals surface area (Å²) in [7, 11) is 0. The Morgan fingerprint density at radius 1 is 1.39 bits per heavy atom. The number of nitrogens with two attached hydrogens (primary N) is 1. The lowest BCUT2D eigenvalue weighted by molar-refractivity contribution is -0.117. The van der Waals surface area contributed by atoms with Gasteiger partial charge in [-0.2, -0.15) is 0 Å². The summed E-state index contributed by atoms with van der Waals surface area (Å²) in [5.41, 5.74) is 5.65. The molecule has 0 fully saturated rings. The highest BCUT2D eigenvalue weighted by atomic mass is 32.1. The number of rotatable bonds is 1. The predicted octanol–water partition coefficient (Wildman–Crippen LogP) is 2.97. The minimum absolute atomic E-state index is 0.114. The molecule has 2 rings (SSSR count). The van der Waals surface area contributed by atoms with Crippen LogP contribution in [0, 0.1) is 0 Å². The number of nitrogens with one attached hydrogen (secondary N) is 1. The van der Waals surface area contributed by atoms with Crippen molar-refractivity contribution in [3.05, 3.63) is 9.88 Å². The maximum Gasteiger partial charge on any atom is 0.242 e. The number of fused-ring (bicyclic) bond motifs is 1. The number of hydrogen-bond acceptors (Lipinski definition) is 4. The van der Waals surface area contributed by atoms with Crippen molar-refractivity contribution in [3.8, 4) is 0 Å². The van der Waals surface area contributed by atoms with Gasteiger partial charge in [-0.1, -0.05) is 34.6 Å². The zero-order valence-electron chi connectivity index (χ0n) is 12.0. The van der Waals surface area contributed by atoms with Gasteiger partial charge >= 0.3 is 0 Å². The smallest absolute Gasteiger partial charge is 0.242 e. The summed E-state index contributed by atoms with van der Waals surface area (Å²) in [5.74, 6) is 0.613. The van der Waals surface area contributed by atoms with Crippen molar-refractivity contribution < 1.29 is 4.79 Å². The van der Waals surface area contributed by atoms with E-state index < -0.39 is 0 Å². The minimum atomic E-state index is -0.388.